The van der Waals surface area contributed by atoms with E-state index >= 15 is 0 Å². The van der Waals surface area contributed by atoms with Crippen LogP contribution >= 0.6 is 0 Å². The van der Waals surface area contributed by atoms with Crippen LogP contribution in [0.25, 0.3) is 55.6 Å². The van der Waals surface area contributed by atoms with Gasteiger partial charge in [0, 0.05) is 31.7 Å². The minimum atomic E-state index is -1.77. The summed E-state index contributed by atoms with van der Waals surface area (Å²) >= 11 is -1.77. The SMILES string of the molecule is Cc1cc(-c2[c-]cccc2)nc[c]1[Ge]([CH3])([CH3])[CH3].Cc1cnc(-c2[c-]cc(-c3ccccc3)c3c2oc2ccccc23)cc1CC(C)(C)C.[Ir]. The Hall–Kier alpha value is -3.83. The zero-order valence-corrected chi connectivity index (χ0v) is 34.2. The number of nitrogens with zero attached hydrogens (tertiary/aromatic N) is 2. The van der Waals surface area contributed by atoms with Crippen molar-refractivity contribution in [2.75, 3.05) is 0 Å². The molecule has 0 amide bonds. The molecule has 5 heteroatoms. The molecular weight excluding hydrogens is 837 g/mol. The summed E-state index contributed by atoms with van der Waals surface area (Å²) < 4.78 is 7.89. The van der Waals surface area contributed by atoms with Gasteiger partial charge in [-0.15, -0.1) is 12.1 Å². The van der Waals surface area contributed by atoms with Crippen molar-refractivity contribution < 1.29 is 24.5 Å². The number of benzene rings is 4. The van der Waals surface area contributed by atoms with Crippen molar-refractivity contribution in [2.24, 2.45) is 5.41 Å². The molecule has 0 aliphatic rings. The first-order valence-corrected chi connectivity index (χ1v) is 24.0. The van der Waals surface area contributed by atoms with Crippen molar-refractivity contribution in [3.8, 4) is 33.6 Å². The first-order chi connectivity index (χ1) is 22.9. The molecular formula is C44H44GeIrN2O-2. The third-order valence-electron chi connectivity index (χ3n) is 8.63. The number of para-hydroxylation sites is 1. The predicted octanol–water partition coefficient (Wildman–Crippen LogP) is 11.4. The number of fused-ring (bicyclic) bond motifs is 3. The maximum Gasteiger partial charge on any atom is 0.120 e. The van der Waals surface area contributed by atoms with E-state index in [0.717, 1.165) is 62.0 Å². The second kappa shape index (κ2) is 15.0. The summed E-state index contributed by atoms with van der Waals surface area (Å²) in [7, 11) is 0. The van der Waals surface area contributed by atoms with Gasteiger partial charge in [-0.2, -0.15) is 0 Å². The molecule has 0 saturated heterocycles. The molecule has 4 aromatic carbocycles. The maximum atomic E-state index is 6.40. The largest absolute Gasteiger partial charge is 0.501 e. The standard InChI is InChI=1S/C29H26NO.C15H18GeN.Ir/c1-19-18-30-25(16-21(19)17-29(2,3)4)23-15-14-22(20-10-6-5-7-11-20)27-24-12-8-9-13-26(24)31-28(23)27;1-12-10-15(13-8-6-5-7-9-13)17-11-14(12)16(2,3)4;/h5-14,16,18H,17H2,1-4H3;5-8,10-11H,1-4H3;/q2*-1;. The molecule has 0 N–H and O–H groups in total. The first kappa shape index (κ1) is 36.5. The minimum absolute atomic E-state index is 0. The van der Waals surface area contributed by atoms with Crippen molar-refractivity contribution in [3.63, 3.8) is 0 Å². The minimum Gasteiger partial charge on any atom is -0.501 e. The zero-order chi connectivity index (χ0) is 34.1. The number of furan rings is 1. The van der Waals surface area contributed by atoms with Gasteiger partial charge >= 0.3 is 106 Å². The Balaban J connectivity index is 0.000000221. The summed E-state index contributed by atoms with van der Waals surface area (Å²) in [6, 6.07) is 39.9. The monoisotopic (exact) mass is 883 g/mol. The fourth-order valence-electron chi connectivity index (χ4n) is 6.31. The topological polar surface area (TPSA) is 38.9 Å². The second-order valence-corrected chi connectivity index (χ2v) is 25.5. The Morgan fingerprint density at radius 3 is 2.12 bits per heavy atom. The third-order valence-corrected chi connectivity index (χ3v) is 13.1. The molecule has 0 bridgehead atoms. The predicted molar refractivity (Wildman–Crippen MR) is 205 cm³/mol. The number of aromatic nitrogens is 2. The summed E-state index contributed by atoms with van der Waals surface area (Å²) in [6.45, 7) is 11.1. The quantitative estimate of drug-likeness (QED) is 0.128. The molecule has 0 unspecified atom stereocenters. The average molecular weight is 882 g/mol. The van der Waals surface area contributed by atoms with Gasteiger partial charge in [-0.3, -0.25) is 0 Å². The van der Waals surface area contributed by atoms with Crippen molar-refractivity contribution in [1.29, 1.82) is 0 Å². The molecule has 3 nitrogen and oxygen atoms in total. The van der Waals surface area contributed by atoms with Crippen LogP contribution in [-0.4, -0.2) is 23.2 Å². The van der Waals surface area contributed by atoms with E-state index in [1.807, 2.05) is 42.6 Å². The number of hydrogen-bond acceptors (Lipinski definition) is 3. The summed E-state index contributed by atoms with van der Waals surface area (Å²) in [5.41, 5.74) is 12.1. The van der Waals surface area contributed by atoms with Crippen molar-refractivity contribution in [3.05, 3.63) is 138 Å². The van der Waals surface area contributed by atoms with Gasteiger partial charge in [0.2, 0.25) is 0 Å². The zero-order valence-electron chi connectivity index (χ0n) is 29.7. The Labute approximate surface area is 307 Å². The van der Waals surface area contributed by atoms with E-state index in [1.54, 1.807) is 0 Å². The van der Waals surface area contributed by atoms with Gasteiger partial charge in [0.15, 0.2) is 0 Å². The van der Waals surface area contributed by atoms with E-state index < -0.39 is 13.3 Å². The van der Waals surface area contributed by atoms with Crippen LogP contribution in [0.15, 0.2) is 114 Å². The maximum absolute atomic E-state index is 6.40. The van der Waals surface area contributed by atoms with E-state index in [1.165, 1.54) is 21.1 Å². The van der Waals surface area contributed by atoms with Crippen molar-refractivity contribution in [2.45, 2.75) is 58.3 Å². The molecule has 7 rings (SSSR count). The van der Waals surface area contributed by atoms with Gasteiger partial charge in [-0.25, -0.2) is 0 Å². The van der Waals surface area contributed by atoms with Gasteiger partial charge in [0.25, 0.3) is 0 Å². The molecule has 0 atom stereocenters. The van der Waals surface area contributed by atoms with Crippen LogP contribution < -0.4 is 4.40 Å². The number of hydrogen-bond donors (Lipinski definition) is 0. The Morgan fingerprint density at radius 2 is 1.45 bits per heavy atom. The molecule has 1 radical (unpaired) electrons. The summed E-state index contributed by atoms with van der Waals surface area (Å²) in [5, 5.41) is 2.24. The van der Waals surface area contributed by atoms with Gasteiger partial charge in [0.05, 0.1) is 5.58 Å². The molecule has 0 fully saturated rings. The van der Waals surface area contributed by atoms with Crippen LogP contribution in [-0.2, 0) is 26.5 Å². The van der Waals surface area contributed by atoms with Crippen LogP contribution in [0.1, 0.15) is 37.5 Å². The Morgan fingerprint density at radius 1 is 0.755 bits per heavy atom. The van der Waals surface area contributed by atoms with Gasteiger partial charge in [-0.05, 0) is 41.5 Å². The summed E-state index contributed by atoms with van der Waals surface area (Å²) in [5.74, 6) is 7.20. The number of pyridine rings is 2. The first-order valence-electron chi connectivity index (χ1n) is 16.7. The molecule has 251 valence electrons. The molecule has 0 aliphatic carbocycles. The van der Waals surface area contributed by atoms with Crippen LogP contribution in [0.2, 0.25) is 17.3 Å². The van der Waals surface area contributed by atoms with Crippen molar-refractivity contribution >= 4 is 39.6 Å². The second-order valence-electron chi connectivity index (χ2n) is 14.9. The molecule has 3 heterocycles. The molecule has 0 aliphatic heterocycles. The molecule has 0 spiro atoms. The molecule has 3 aromatic heterocycles. The average Bonchev–Trinajstić information content (AvgIpc) is 3.45. The van der Waals surface area contributed by atoms with Crippen LogP contribution in [0.3, 0.4) is 0 Å². The normalized spacial score (nSPS) is 11.6. The molecule has 7 aromatic rings. The third kappa shape index (κ3) is 8.32. The van der Waals surface area contributed by atoms with Crippen molar-refractivity contribution in [1.82, 2.24) is 9.97 Å². The smallest absolute Gasteiger partial charge is 0.120 e. The Bertz CT molecular complexity index is 2190. The van der Waals surface area contributed by atoms with E-state index in [0.29, 0.717) is 0 Å². The van der Waals surface area contributed by atoms with E-state index in [-0.39, 0.29) is 25.5 Å². The Kier molecular flexibility index (Phi) is 11.1. The van der Waals surface area contributed by atoms with Gasteiger partial charge in [-0.1, -0.05) is 97.6 Å². The number of aryl methyl sites for hydroxylation is 2. The number of rotatable bonds is 5. The summed E-state index contributed by atoms with van der Waals surface area (Å²) in [4.78, 5) is 9.36. The molecule has 0 saturated carbocycles. The van der Waals surface area contributed by atoms with E-state index in [9.17, 15) is 0 Å². The molecule has 49 heavy (non-hydrogen) atoms. The van der Waals surface area contributed by atoms with Crippen LogP contribution in [0, 0.1) is 31.4 Å². The van der Waals surface area contributed by atoms with Gasteiger partial charge in [0.1, 0.15) is 5.58 Å². The van der Waals surface area contributed by atoms with Crippen LogP contribution in [0.4, 0.5) is 0 Å². The fraction of sp³-hybridized carbons (Fsp3) is 0.227. The van der Waals surface area contributed by atoms with Gasteiger partial charge < -0.3 is 9.40 Å². The fourth-order valence-corrected chi connectivity index (χ4v) is 9.89. The summed E-state index contributed by atoms with van der Waals surface area (Å²) in [6.07, 6.45) is 5.05. The van der Waals surface area contributed by atoms with Crippen LogP contribution in [0.5, 0.6) is 0 Å². The van der Waals surface area contributed by atoms with E-state index in [2.05, 4.69) is 136 Å². The van der Waals surface area contributed by atoms with E-state index in [4.69, 9.17) is 9.40 Å².